The van der Waals surface area contributed by atoms with Crippen molar-refractivity contribution in [3.8, 4) is 0 Å². The van der Waals surface area contributed by atoms with Gasteiger partial charge in [0.1, 0.15) is 0 Å². The van der Waals surface area contributed by atoms with E-state index in [1.165, 1.54) is 6.92 Å². The van der Waals surface area contributed by atoms with Gasteiger partial charge in [-0.05, 0) is 6.92 Å². The molecule has 0 aromatic heterocycles. The number of carbonyl (C=O) groups excluding carboxylic acids is 1. The summed E-state index contributed by atoms with van der Waals surface area (Å²) in [4.78, 5) is 30.7. The summed E-state index contributed by atoms with van der Waals surface area (Å²) in [5, 5.41) is 0. The highest BCUT2D eigenvalue weighted by Crippen LogP contribution is 2.21. The summed E-state index contributed by atoms with van der Waals surface area (Å²) in [6, 6.07) is 0. The van der Waals surface area contributed by atoms with Crippen LogP contribution in [0.25, 0.3) is 0 Å². The summed E-state index contributed by atoms with van der Waals surface area (Å²) < 4.78 is 14.4. The molecule has 0 amide bonds. The molecule has 0 aliphatic carbocycles. The topological polar surface area (TPSA) is 89.5 Å². The number of esters is 1. The van der Waals surface area contributed by atoms with Crippen molar-refractivity contribution in [2.24, 2.45) is 0 Å². The normalized spacial score (nSPS) is 10.1. The summed E-state index contributed by atoms with van der Waals surface area (Å²) in [5.41, 5.74) is 0.168. The van der Waals surface area contributed by atoms with E-state index < -0.39 is 26.3 Å². The van der Waals surface area contributed by atoms with Gasteiger partial charge in [0, 0.05) is 11.7 Å². The Morgan fingerprint density at radius 3 is 2.31 bits per heavy atom. The minimum Gasteiger partial charge on any atom is -0.811 e. The monoisotopic (exact) mass is 208 g/mol. The molecule has 13 heavy (non-hydrogen) atoms. The Kier molecular flexibility index (Phi) is 6.76. The van der Waals surface area contributed by atoms with Gasteiger partial charge in [0.2, 0.25) is 0 Å². The zero-order valence-corrected chi connectivity index (χ0v) is 7.50. The molecule has 0 rings (SSSR count). The molecule has 0 bridgehead atoms. The second kappa shape index (κ2) is 5.91. The number of rotatable bonds is 4. The van der Waals surface area contributed by atoms with E-state index in [0.717, 1.165) is 0 Å². The number of hydrogen-bond donors (Lipinski definition) is 0. The first-order chi connectivity index (χ1) is 5.33. The van der Waals surface area contributed by atoms with Crippen LogP contribution in [0.2, 0.25) is 0 Å². The lowest BCUT2D eigenvalue weighted by Gasteiger charge is -2.28. The Bertz CT molecular complexity index is 229. The van der Waals surface area contributed by atoms with Crippen molar-refractivity contribution >= 4 is 13.6 Å². The largest absolute Gasteiger partial charge is 0.811 e. The van der Waals surface area contributed by atoms with Crippen LogP contribution in [0.1, 0.15) is 14.4 Å². The summed E-state index contributed by atoms with van der Waals surface area (Å²) in [6.07, 6.45) is -0.675. The predicted octanol–water partition coefficient (Wildman–Crippen LogP) is -0.345. The molecule has 5 nitrogen and oxygen atoms in total. The van der Waals surface area contributed by atoms with Crippen molar-refractivity contribution in [1.82, 2.24) is 0 Å². The van der Waals surface area contributed by atoms with Crippen LogP contribution in [0.4, 0.5) is 0 Å². The fourth-order valence-corrected chi connectivity index (χ4v) is 0.688. The second-order valence-electron chi connectivity index (χ2n) is 2.25. The van der Waals surface area contributed by atoms with Crippen molar-refractivity contribution in [3.05, 3.63) is 12.2 Å². The van der Waals surface area contributed by atoms with Crippen LogP contribution in [0.5, 0.6) is 0 Å². The van der Waals surface area contributed by atoms with Gasteiger partial charge in [-0.25, -0.2) is 4.79 Å². The smallest absolute Gasteiger partial charge is 0.333 e. The van der Waals surface area contributed by atoms with Crippen LogP contribution in [-0.4, -0.2) is 18.7 Å². The molecule has 0 aromatic rings. The van der Waals surface area contributed by atoms with Gasteiger partial charge in [0.25, 0.3) is 0 Å². The van der Waals surface area contributed by atoms with E-state index in [-0.39, 0.29) is 13.0 Å². The molecule has 0 unspecified atom stereocenters. The lowest BCUT2D eigenvalue weighted by Crippen LogP contribution is -2.20. The molecule has 6 heteroatoms. The van der Waals surface area contributed by atoms with Crippen LogP contribution in [0.15, 0.2) is 12.2 Å². The van der Waals surface area contributed by atoms with Gasteiger partial charge in [0.15, 0.2) is 0 Å². The molecule has 0 fully saturated rings. The summed E-state index contributed by atoms with van der Waals surface area (Å²) in [7, 11) is -4.56. The minimum atomic E-state index is -4.56. The summed E-state index contributed by atoms with van der Waals surface area (Å²) in [5.74, 6) is -0.691. The van der Waals surface area contributed by atoms with Crippen molar-refractivity contribution in [3.63, 3.8) is 0 Å². The molecular formula is C7H13O5P-2. The Hall–Kier alpha value is -0.640. The van der Waals surface area contributed by atoms with Gasteiger partial charge in [-0.2, -0.15) is 0 Å². The first-order valence-electron chi connectivity index (χ1n) is 3.16. The standard InChI is InChI=1S/C6H11O5P.CH4/c1-5(2)6(7)11-3-4-12(8,9)10;/h1,3-4H2,2H3,(H2,8,9,10);1H4/p-2. The van der Waals surface area contributed by atoms with Gasteiger partial charge in [-0.15, -0.1) is 0 Å². The van der Waals surface area contributed by atoms with Crippen LogP contribution in [0.3, 0.4) is 0 Å². The van der Waals surface area contributed by atoms with Gasteiger partial charge in [0.05, 0.1) is 6.61 Å². The third kappa shape index (κ3) is 9.27. The molecule has 0 N–H and O–H groups in total. The molecule has 0 saturated carbocycles. The molecule has 0 atom stereocenters. The molecule has 0 spiro atoms. The van der Waals surface area contributed by atoms with E-state index in [4.69, 9.17) is 0 Å². The van der Waals surface area contributed by atoms with Gasteiger partial charge < -0.3 is 19.1 Å². The number of hydrogen-bond acceptors (Lipinski definition) is 5. The number of ether oxygens (including phenoxy) is 1. The minimum absolute atomic E-state index is 0. The van der Waals surface area contributed by atoms with E-state index in [1.807, 2.05) is 0 Å². The molecule has 0 aliphatic heterocycles. The maximum Gasteiger partial charge on any atom is 0.333 e. The molecule has 78 valence electrons. The third-order valence-electron chi connectivity index (χ3n) is 0.947. The van der Waals surface area contributed by atoms with Crippen molar-refractivity contribution in [1.29, 1.82) is 0 Å². The van der Waals surface area contributed by atoms with Crippen LogP contribution >= 0.6 is 7.60 Å². The summed E-state index contributed by atoms with van der Waals surface area (Å²) >= 11 is 0. The highest BCUT2D eigenvalue weighted by molar-refractivity contribution is 7.48. The molecule has 0 aromatic carbocycles. The number of carbonyl (C=O) groups is 1. The van der Waals surface area contributed by atoms with Gasteiger partial charge in [-0.1, -0.05) is 21.6 Å². The molecule has 0 aliphatic rings. The van der Waals surface area contributed by atoms with Crippen LogP contribution in [0, 0.1) is 0 Å². The van der Waals surface area contributed by atoms with Crippen LogP contribution in [-0.2, 0) is 14.1 Å². The predicted molar refractivity (Wildman–Crippen MR) is 45.0 cm³/mol. The van der Waals surface area contributed by atoms with E-state index in [1.54, 1.807) is 0 Å². The van der Waals surface area contributed by atoms with Crippen LogP contribution < -0.4 is 9.79 Å². The Labute approximate surface area is 77.6 Å². The maximum absolute atomic E-state index is 10.6. The molecule has 0 saturated heterocycles. The fraction of sp³-hybridized carbons (Fsp3) is 0.571. The average Bonchev–Trinajstić information content (AvgIpc) is 1.84. The lowest BCUT2D eigenvalue weighted by molar-refractivity contribution is -0.313. The zero-order chi connectivity index (χ0) is 9.78. The lowest BCUT2D eigenvalue weighted by atomic mass is 10.4. The van der Waals surface area contributed by atoms with E-state index in [9.17, 15) is 19.1 Å². The highest BCUT2D eigenvalue weighted by Gasteiger charge is 2.02. The van der Waals surface area contributed by atoms with E-state index in [2.05, 4.69) is 11.3 Å². The fourth-order valence-electron chi connectivity index (χ4n) is 0.373. The summed E-state index contributed by atoms with van der Waals surface area (Å²) in [6.45, 7) is 4.29. The maximum atomic E-state index is 10.6. The van der Waals surface area contributed by atoms with Crippen molar-refractivity contribution in [2.45, 2.75) is 14.4 Å². The second-order valence-corrected chi connectivity index (χ2v) is 3.92. The average molecular weight is 208 g/mol. The van der Waals surface area contributed by atoms with Crippen molar-refractivity contribution in [2.75, 3.05) is 12.8 Å². The quantitative estimate of drug-likeness (QED) is 0.358. The molecule has 0 radical (unpaired) electrons. The van der Waals surface area contributed by atoms with Gasteiger partial charge in [-0.3, -0.25) is 0 Å². The third-order valence-corrected chi connectivity index (χ3v) is 1.68. The first kappa shape index (κ1) is 14.9. The Morgan fingerprint density at radius 2 is 2.00 bits per heavy atom. The SMILES string of the molecule is C.C=C(C)C(=O)OCCP(=O)([O-])[O-]. The molecule has 0 heterocycles. The van der Waals surface area contributed by atoms with Gasteiger partial charge >= 0.3 is 5.97 Å². The Balaban J connectivity index is 0. The van der Waals surface area contributed by atoms with Crippen molar-refractivity contribution < 1.29 is 23.9 Å². The Morgan fingerprint density at radius 1 is 1.54 bits per heavy atom. The zero-order valence-electron chi connectivity index (χ0n) is 6.61. The molecular weight excluding hydrogens is 195 g/mol. The first-order valence-corrected chi connectivity index (χ1v) is 4.89. The van der Waals surface area contributed by atoms with E-state index in [0.29, 0.717) is 0 Å². The highest BCUT2D eigenvalue weighted by atomic mass is 31.2. The van der Waals surface area contributed by atoms with E-state index >= 15 is 0 Å².